The van der Waals surface area contributed by atoms with Gasteiger partial charge in [-0.25, -0.2) is 0 Å². The Labute approximate surface area is 102 Å². The van der Waals surface area contributed by atoms with E-state index in [1.165, 1.54) is 0 Å². The van der Waals surface area contributed by atoms with Crippen LogP contribution in [0.3, 0.4) is 0 Å². The summed E-state index contributed by atoms with van der Waals surface area (Å²) in [5.74, 6) is 0.0829. The van der Waals surface area contributed by atoms with Crippen molar-refractivity contribution in [1.82, 2.24) is 5.32 Å². The minimum atomic E-state index is -0.0733. The maximum atomic E-state index is 11.2. The van der Waals surface area contributed by atoms with Gasteiger partial charge in [-0.15, -0.1) is 11.3 Å². The van der Waals surface area contributed by atoms with Gasteiger partial charge in [0.25, 0.3) is 0 Å². The number of amides is 1. The molecule has 1 atom stereocenters. The van der Waals surface area contributed by atoms with Crippen LogP contribution >= 0.6 is 11.3 Å². The van der Waals surface area contributed by atoms with E-state index in [-0.39, 0.29) is 11.9 Å². The van der Waals surface area contributed by atoms with Crippen molar-refractivity contribution >= 4 is 17.2 Å². The van der Waals surface area contributed by atoms with Crippen molar-refractivity contribution in [1.29, 1.82) is 0 Å². The van der Waals surface area contributed by atoms with Gasteiger partial charge in [0.05, 0.1) is 6.04 Å². The summed E-state index contributed by atoms with van der Waals surface area (Å²) in [6.45, 7) is 6.51. The van der Waals surface area contributed by atoms with E-state index in [2.05, 4.69) is 5.32 Å². The van der Waals surface area contributed by atoms with Gasteiger partial charge < -0.3 is 11.1 Å². The molecule has 0 spiro atoms. The normalized spacial score (nSPS) is 11.2. The molecule has 0 aliphatic carbocycles. The van der Waals surface area contributed by atoms with Gasteiger partial charge in [-0.2, -0.15) is 0 Å². The van der Waals surface area contributed by atoms with E-state index in [0.29, 0.717) is 13.0 Å². The summed E-state index contributed by atoms with van der Waals surface area (Å²) in [6, 6.07) is 3.88. The number of carbonyl (C=O) groups excluding carboxylic acids is 1. The number of nitrogens with two attached hydrogens (primary N) is 1. The van der Waals surface area contributed by atoms with Crippen LogP contribution in [0.25, 0.3) is 0 Å². The SMILES string of the molecule is CC.CCCC(=O)NCC(N)c1cccs1. The van der Waals surface area contributed by atoms with Crippen LogP contribution in [0.2, 0.25) is 0 Å². The zero-order chi connectivity index (χ0) is 12.4. The molecule has 0 aliphatic heterocycles. The summed E-state index contributed by atoms with van der Waals surface area (Å²) in [5, 5.41) is 4.80. The monoisotopic (exact) mass is 242 g/mol. The molecule has 3 nitrogen and oxygen atoms in total. The molecule has 1 aromatic heterocycles. The van der Waals surface area contributed by atoms with Gasteiger partial charge >= 0.3 is 0 Å². The number of thiophene rings is 1. The van der Waals surface area contributed by atoms with E-state index in [1.54, 1.807) is 11.3 Å². The lowest BCUT2D eigenvalue weighted by molar-refractivity contribution is -0.121. The summed E-state index contributed by atoms with van der Waals surface area (Å²) >= 11 is 1.62. The van der Waals surface area contributed by atoms with Crippen LogP contribution in [0.4, 0.5) is 0 Å². The van der Waals surface area contributed by atoms with Crippen molar-refractivity contribution in [3.8, 4) is 0 Å². The van der Waals surface area contributed by atoms with E-state index in [9.17, 15) is 4.79 Å². The Morgan fingerprint density at radius 1 is 1.56 bits per heavy atom. The molecule has 4 heteroatoms. The number of rotatable bonds is 5. The van der Waals surface area contributed by atoms with Crippen molar-refractivity contribution in [2.75, 3.05) is 6.54 Å². The fraction of sp³-hybridized carbons (Fsp3) is 0.583. The summed E-state index contributed by atoms with van der Waals surface area (Å²) in [7, 11) is 0. The molecule has 92 valence electrons. The van der Waals surface area contributed by atoms with Crippen LogP contribution < -0.4 is 11.1 Å². The molecule has 1 aromatic rings. The third-order valence-corrected chi connectivity index (χ3v) is 2.91. The Bertz CT molecular complexity index is 273. The maximum Gasteiger partial charge on any atom is 0.220 e. The lowest BCUT2D eigenvalue weighted by Crippen LogP contribution is -2.31. The van der Waals surface area contributed by atoms with Crippen LogP contribution in [0.15, 0.2) is 17.5 Å². The molecule has 0 aromatic carbocycles. The molecule has 0 fully saturated rings. The van der Waals surface area contributed by atoms with E-state index in [0.717, 1.165) is 11.3 Å². The fourth-order valence-corrected chi connectivity index (χ4v) is 1.87. The van der Waals surface area contributed by atoms with Gasteiger partial charge in [-0.1, -0.05) is 26.8 Å². The molecule has 3 N–H and O–H groups in total. The molecule has 0 saturated carbocycles. The van der Waals surface area contributed by atoms with Crippen LogP contribution in [-0.2, 0) is 4.79 Å². The minimum Gasteiger partial charge on any atom is -0.354 e. The molecule has 1 heterocycles. The standard InChI is InChI=1S/C10H16N2OS.C2H6/c1-2-4-10(13)12-7-8(11)9-5-3-6-14-9;1-2/h3,5-6,8H,2,4,7,11H2,1H3,(H,12,13);1-2H3. The number of nitrogens with one attached hydrogen (secondary N) is 1. The average Bonchev–Trinajstić information content (AvgIpc) is 2.82. The number of hydrogen-bond acceptors (Lipinski definition) is 3. The molecule has 1 unspecified atom stereocenters. The van der Waals surface area contributed by atoms with E-state index in [4.69, 9.17) is 5.73 Å². The van der Waals surface area contributed by atoms with Crippen LogP contribution in [0.1, 0.15) is 44.5 Å². The lowest BCUT2D eigenvalue weighted by atomic mass is 10.2. The van der Waals surface area contributed by atoms with Crippen LogP contribution in [0.5, 0.6) is 0 Å². The van der Waals surface area contributed by atoms with Gasteiger partial charge in [-0.3, -0.25) is 4.79 Å². The minimum absolute atomic E-state index is 0.0733. The molecule has 16 heavy (non-hydrogen) atoms. The second kappa shape index (κ2) is 9.36. The largest absolute Gasteiger partial charge is 0.354 e. The maximum absolute atomic E-state index is 11.2. The first-order chi connectivity index (χ1) is 7.74. The second-order valence-corrected chi connectivity index (χ2v) is 4.16. The van der Waals surface area contributed by atoms with Crippen LogP contribution in [0, 0.1) is 0 Å². The first kappa shape index (κ1) is 15.1. The number of carbonyl (C=O) groups is 1. The van der Waals surface area contributed by atoms with Crippen molar-refractivity contribution < 1.29 is 4.79 Å². The Balaban J connectivity index is 0.00000106. The van der Waals surface area contributed by atoms with Gasteiger partial charge in [0.1, 0.15) is 0 Å². The van der Waals surface area contributed by atoms with Crippen molar-refractivity contribution in [2.45, 2.75) is 39.7 Å². The molecule has 1 rings (SSSR count). The highest BCUT2D eigenvalue weighted by atomic mass is 32.1. The highest BCUT2D eigenvalue weighted by molar-refractivity contribution is 7.10. The molecular weight excluding hydrogens is 220 g/mol. The Hall–Kier alpha value is -0.870. The Morgan fingerprint density at radius 3 is 2.75 bits per heavy atom. The Kier molecular flexibility index (Phi) is 8.85. The number of hydrogen-bond donors (Lipinski definition) is 2. The first-order valence-electron chi connectivity index (χ1n) is 5.79. The third-order valence-electron chi connectivity index (χ3n) is 1.90. The van der Waals surface area contributed by atoms with Gasteiger partial charge in [0, 0.05) is 17.8 Å². The summed E-state index contributed by atoms with van der Waals surface area (Å²) in [6.07, 6.45) is 1.46. The zero-order valence-electron chi connectivity index (χ0n) is 10.3. The van der Waals surface area contributed by atoms with Crippen molar-refractivity contribution in [2.24, 2.45) is 5.73 Å². The van der Waals surface area contributed by atoms with Crippen molar-refractivity contribution in [3.63, 3.8) is 0 Å². The molecule has 0 aliphatic rings. The average molecular weight is 242 g/mol. The van der Waals surface area contributed by atoms with E-state index < -0.39 is 0 Å². The molecule has 0 saturated heterocycles. The highest BCUT2D eigenvalue weighted by Crippen LogP contribution is 2.15. The molecular formula is C12H22N2OS. The first-order valence-corrected chi connectivity index (χ1v) is 6.67. The lowest BCUT2D eigenvalue weighted by Gasteiger charge is -2.10. The summed E-state index contributed by atoms with van der Waals surface area (Å²) in [5.41, 5.74) is 5.88. The van der Waals surface area contributed by atoms with E-state index >= 15 is 0 Å². The fourth-order valence-electron chi connectivity index (χ4n) is 1.14. The van der Waals surface area contributed by atoms with E-state index in [1.807, 2.05) is 38.3 Å². The second-order valence-electron chi connectivity index (χ2n) is 3.18. The molecule has 0 bridgehead atoms. The summed E-state index contributed by atoms with van der Waals surface area (Å²) < 4.78 is 0. The third kappa shape index (κ3) is 5.88. The predicted molar refractivity (Wildman–Crippen MR) is 70.5 cm³/mol. The molecule has 1 amide bonds. The smallest absolute Gasteiger partial charge is 0.220 e. The van der Waals surface area contributed by atoms with Gasteiger partial charge in [0.2, 0.25) is 5.91 Å². The molecule has 0 radical (unpaired) electrons. The van der Waals surface area contributed by atoms with Crippen LogP contribution in [-0.4, -0.2) is 12.5 Å². The predicted octanol–water partition coefficient (Wildman–Crippen LogP) is 2.69. The van der Waals surface area contributed by atoms with Gasteiger partial charge in [-0.05, 0) is 17.9 Å². The zero-order valence-corrected chi connectivity index (χ0v) is 11.1. The highest BCUT2D eigenvalue weighted by Gasteiger charge is 2.07. The quantitative estimate of drug-likeness (QED) is 0.834. The van der Waals surface area contributed by atoms with Crippen molar-refractivity contribution in [3.05, 3.63) is 22.4 Å². The van der Waals surface area contributed by atoms with Gasteiger partial charge in [0.15, 0.2) is 0 Å². The topological polar surface area (TPSA) is 55.1 Å². The Morgan fingerprint density at radius 2 is 2.25 bits per heavy atom. The summed E-state index contributed by atoms with van der Waals surface area (Å²) in [4.78, 5) is 12.3.